The number of ether oxygens (including phenoxy) is 1. The van der Waals surface area contributed by atoms with Crippen LogP contribution in [-0.2, 0) is 13.2 Å². The van der Waals surface area contributed by atoms with Crippen LogP contribution in [0.1, 0.15) is 28.8 Å². The zero-order valence-electron chi connectivity index (χ0n) is 22.2. The minimum absolute atomic E-state index is 0.0596. The fourth-order valence-electron chi connectivity index (χ4n) is 4.07. The summed E-state index contributed by atoms with van der Waals surface area (Å²) in [6.45, 7) is 0. The molecule has 1 fully saturated rings. The Morgan fingerprint density at radius 1 is 1.04 bits per heavy atom. The molecule has 4 rings (SSSR count). The van der Waals surface area contributed by atoms with E-state index in [2.05, 4.69) is 20.3 Å². The summed E-state index contributed by atoms with van der Waals surface area (Å²) in [5.41, 5.74) is -10.9. The number of halogens is 14. The average molecular weight is 701 g/mol. The number of nitriles is 1. The van der Waals surface area contributed by atoms with Gasteiger partial charge in [-0.15, -0.1) is 5.10 Å². The highest BCUT2D eigenvalue weighted by Crippen LogP contribution is 2.53. The number of aryl methyl sites for hydroxylation is 1. The van der Waals surface area contributed by atoms with Crippen molar-refractivity contribution in [1.82, 2.24) is 24.9 Å². The maximum Gasteiger partial charge on any atom is 0.435 e. The third kappa shape index (κ3) is 6.01. The second-order valence-electron chi connectivity index (χ2n) is 9.88. The van der Waals surface area contributed by atoms with Gasteiger partial charge in [-0.3, -0.25) is 4.79 Å². The first kappa shape index (κ1) is 34.6. The molecule has 1 aromatic carbocycles. The lowest BCUT2D eigenvalue weighted by Gasteiger charge is -2.35. The number of rotatable bonds is 8. The highest BCUT2D eigenvalue weighted by atomic mass is 35.5. The molecule has 3 aromatic rings. The van der Waals surface area contributed by atoms with Crippen LogP contribution in [0.15, 0.2) is 30.6 Å². The Bertz CT molecular complexity index is 1690. The van der Waals surface area contributed by atoms with E-state index in [1.807, 2.05) is 6.07 Å². The number of aromatic nitrogens is 4. The predicted molar refractivity (Wildman–Crippen MR) is 127 cm³/mol. The number of amides is 1. The summed E-state index contributed by atoms with van der Waals surface area (Å²) in [6.07, 6.45) is -30.5. The monoisotopic (exact) mass is 700 g/mol. The van der Waals surface area contributed by atoms with E-state index in [0.29, 0.717) is 24.6 Å². The van der Waals surface area contributed by atoms with E-state index in [9.17, 15) is 67.1 Å². The summed E-state index contributed by atoms with van der Waals surface area (Å²) in [4.78, 5) is 12.7. The van der Waals surface area contributed by atoms with Crippen molar-refractivity contribution in [2.24, 2.45) is 7.05 Å². The average Bonchev–Trinajstić information content (AvgIpc) is 3.36. The molecule has 0 saturated heterocycles. The minimum Gasteiger partial charge on any atom is -0.410 e. The van der Waals surface area contributed by atoms with Crippen molar-refractivity contribution in [2.45, 2.75) is 54.9 Å². The summed E-state index contributed by atoms with van der Waals surface area (Å²) >= 11 is 6.07. The Balaban J connectivity index is 1.73. The molecule has 1 saturated carbocycles. The van der Waals surface area contributed by atoms with Gasteiger partial charge in [0.25, 0.3) is 18.0 Å². The van der Waals surface area contributed by atoms with Crippen LogP contribution in [0, 0.1) is 11.3 Å². The molecule has 0 bridgehead atoms. The van der Waals surface area contributed by atoms with E-state index in [1.54, 1.807) is 0 Å². The van der Waals surface area contributed by atoms with Gasteiger partial charge < -0.3 is 10.1 Å². The number of nitrogens with zero attached hydrogens (tertiary/aromatic N) is 5. The van der Waals surface area contributed by atoms with Crippen molar-refractivity contribution in [1.29, 1.82) is 5.26 Å². The number of hydrogen-bond donors (Lipinski definition) is 1. The van der Waals surface area contributed by atoms with E-state index in [0.717, 1.165) is 12.4 Å². The van der Waals surface area contributed by atoms with Gasteiger partial charge in [-0.05, 0) is 30.5 Å². The van der Waals surface area contributed by atoms with E-state index in [4.69, 9.17) is 11.6 Å². The number of carbonyl (C=O) groups is 1. The molecule has 2 heterocycles. The van der Waals surface area contributed by atoms with Crippen LogP contribution >= 0.6 is 11.6 Å². The first-order chi connectivity index (χ1) is 20.9. The van der Waals surface area contributed by atoms with Gasteiger partial charge in [0.05, 0.1) is 22.9 Å². The van der Waals surface area contributed by atoms with E-state index in [-0.39, 0.29) is 26.4 Å². The van der Waals surface area contributed by atoms with Crippen molar-refractivity contribution in [3.05, 3.63) is 46.7 Å². The standard InChI is InChI=1S/C24H14ClF13N6O2/c1-43-17(44-8-11(7-40-44)10-2-3-13(25)12(6-10)15(45)41-19(9-39)4-5-19)14(21(28,29)30)16(42-43)46-22(31,32)18(26)20(27,23(33,34)35)24(36,37)38/h2-3,6-8,18H,4-5H2,1H3,(H,41,45). The lowest BCUT2D eigenvalue weighted by Crippen LogP contribution is -2.65. The molecule has 0 radical (unpaired) electrons. The minimum atomic E-state index is -7.34. The maximum atomic E-state index is 14.3. The van der Waals surface area contributed by atoms with Crippen molar-refractivity contribution in [3.8, 4) is 28.9 Å². The van der Waals surface area contributed by atoms with Crippen molar-refractivity contribution < 1.29 is 66.6 Å². The first-order valence-corrected chi connectivity index (χ1v) is 12.5. The molecule has 0 spiro atoms. The number of alkyl halides is 13. The van der Waals surface area contributed by atoms with Gasteiger partial charge in [0.15, 0.2) is 11.4 Å². The number of carbonyl (C=O) groups excluding carboxylic acids is 1. The second kappa shape index (κ2) is 10.9. The molecule has 22 heteroatoms. The molecule has 1 amide bonds. The van der Waals surface area contributed by atoms with Gasteiger partial charge in [-0.2, -0.15) is 58.7 Å². The van der Waals surface area contributed by atoms with E-state index >= 15 is 0 Å². The summed E-state index contributed by atoms with van der Waals surface area (Å²) < 4.78 is 180. The highest BCUT2D eigenvalue weighted by molar-refractivity contribution is 6.34. The van der Waals surface area contributed by atoms with Gasteiger partial charge in [-0.1, -0.05) is 17.7 Å². The summed E-state index contributed by atoms with van der Waals surface area (Å²) in [7, 11) is 0.641. The Labute approximate surface area is 252 Å². The van der Waals surface area contributed by atoms with Crippen LogP contribution in [0.5, 0.6) is 5.88 Å². The SMILES string of the molecule is Cn1nc(OC(F)(F)C(F)C(F)(C(F)(F)F)C(F)(F)F)c(C(F)(F)F)c1-n1cc(-c2ccc(Cl)c(C(=O)NC3(C#N)CC3)c2)cn1. The van der Waals surface area contributed by atoms with Crippen LogP contribution < -0.4 is 10.1 Å². The number of benzene rings is 1. The Morgan fingerprint density at radius 3 is 2.13 bits per heavy atom. The summed E-state index contributed by atoms with van der Waals surface area (Å²) in [5, 5.41) is 18.1. The van der Waals surface area contributed by atoms with Gasteiger partial charge >= 0.3 is 30.3 Å². The first-order valence-electron chi connectivity index (χ1n) is 12.1. The Hall–Kier alpha value is -4.22. The second-order valence-corrected chi connectivity index (χ2v) is 10.3. The zero-order chi connectivity index (χ0) is 34.8. The Kier molecular flexibility index (Phi) is 8.25. The van der Waals surface area contributed by atoms with Crippen LogP contribution in [0.4, 0.5) is 57.1 Å². The van der Waals surface area contributed by atoms with Gasteiger partial charge in [0.2, 0.25) is 0 Å². The zero-order valence-corrected chi connectivity index (χ0v) is 23.0. The molecule has 1 aliphatic rings. The maximum absolute atomic E-state index is 14.3. The molecule has 46 heavy (non-hydrogen) atoms. The lowest BCUT2D eigenvalue weighted by atomic mass is 9.97. The van der Waals surface area contributed by atoms with Crippen LogP contribution in [0.3, 0.4) is 0 Å². The topological polar surface area (TPSA) is 97.8 Å². The smallest absolute Gasteiger partial charge is 0.410 e. The quantitative estimate of drug-likeness (QED) is 0.259. The number of nitrogens with one attached hydrogen (secondary N) is 1. The molecule has 0 aliphatic heterocycles. The predicted octanol–water partition coefficient (Wildman–Crippen LogP) is 6.87. The number of hydrogen-bond acceptors (Lipinski definition) is 5. The Morgan fingerprint density at radius 2 is 1.63 bits per heavy atom. The summed E-state index contributed by atoms with van der Waals surface area (Å²) in [5.74, 6) is -4.50. The third-order valence-electron chi connectivity index (χ3n) is 6.63. The molecule has 8 nitrogen and oxygen atoms in total. The van der Waals surface area contributed by atoms with Crippen molar-refractivity contribution in [2.75, 3.05) is 0 Å². The van der Waals surface area contributed by atoms with Crippen molar-refractivity contribution in [3.63, 3.8) is 0 Å². The molecule has 1 aliphatic carbocycles. The molecule has 1 atom stereocenters. The molecular formula is C24H14ClF13N6O2. The van der Waals surface area contributed by atoms with Crippen LogP contribution in [0.25, 0.3) is 16.9 Å². The third-order valence-corrected chi connectivity index (χ3v) is 6.96. The molecule has 1 unspecified atom stereocenters. The fourth-order valence-corrected chi connectivity index (χ4v) is 4.28. The van der Waals surface area contributed by atoms with E-state index < -0.39 is 65.2 Å². The molecular weight excluding hydrogens is 687 g/mol. The van der Waals surface area contributed by atoms with E-state index in [1.165, 1.54) is 18.2 Å². The van der Waals surface area contributed by atoms with Crippen LogP contribution in [0.2, 0.25) is 5.02 Å². The molecule has 250 valence electrons. The van der Waals surface area contributed by atoms with Crippen molar-refractivity contribution >= 4 is 17.5 Å². The lowest BCUT2D eigenvalue weighted by molar-refractivity contribution is -0.391. The van der Waals surface area contributed by atoms with Crippen LogP contribution in [-0.4, -0.2) is 61.3 Å². The normalized spacial score (nSPS) is 16.1. The molecule has 1 N–H and O–H groups in total. The van der Waals surface area contributed by atoms with Gasteiger partial charge in [-0.25, -0.2) is 18.1 Å². The highest BCUT2D eigenvalue weighted by Gasteiger charge is 2.82. The summed E-state index contributed by atoms with van der Waals surface area (Å²) in [6, 6.07) is 5.59. The fraction of sp³-hybridized carbons (Fsp3) is 0.417. The largest absolute Gasteiger partial charge is 0.435 e. The van der Waals surface area contributed by atoms with Gasteiger partial charge in [0.1, 0.15) is 5.54 Å². The molecule has 2 aromatic heterocycles. The van der Waals surface area contributed by atoms with Gasteiger partial charge in [0, 0.05) is 18.8 Å².